The molecule has 21 heavy (non-hydrogen) atoms. The average Bonchev–Trinajstić information content (AvgIpc) is 2.49. The molecule has 0 heterocycles. The Bertz CT molecular complexity index is 779. The summed E-state index contributed by atoms with van der Waals surface area (Å²) in [5.74, 6) is -0.199. The van der Waals surface area contributed by atoms with Gasteiger partial charge in [-0.3, -0.25) is 0 Å². The van der Waals surface area contributed by atoms with E-state index >= 15 is 0 Å². The highest BCUT2D eigenvalue weighted by Crippen LogP contribution is 2.23. The summed E-state index contributed by atoms with van der Waals surface area (Å²) in [7, 11) is 0. The standard InChI is InChI=1S/C19H18FN/c1-13-10-18(20)9-8-15(13)12-19(21)17-7-6-14-4-2-3-5-16(14)11-17/h2-11,19H,12,21H2,1H3. The maximum absolute atomic E-state index is 13.2. The van der Waals surface area contributed by atoms with Crippen molar-refractivity contribution in [2.75, 3.05) is 0 Å². The number of nitrogens with two attached hydrogens (primary N) is 1. The van der Waals surface area contributed by atoms with Crippen LogP contribution in [0.5, 0.6) is 0 Å². The summed E-state index contributed by atoms with van der Waals surface area (Å²) in [4.78, 5) is 0. The average molecular weight is 279 g/mol. The van der Waals surface area contributed by atoms with Crippen molar-refractivity contribution in [1.29, 1.82) is 0 Å². The van der Waals surface area contributed by atoms with Gasteiger partial charge in [0.1, 0.15) is 5.82 Å². The number of aryl methyl sites for hydroxylation is 1. The normalized spacial score (nSPS) is 12.5. The Labute approximate surface area is 124 Å². The molecule has 1 atom stereocenters. The molecule has 1 unspecified atom stereocenters. The minimum atomic E-state index is -0.199. The summed E-state index contributed by atoms with van der Waals surface area (Å²) >= 11 is 0. The molecule has 0 aliphatic rings. The molecule has 2 heteroatoms. The maximum atomic E-state index is 13.2. The highest BCUT2D eigenvalue weighted by atomic mass is 19.1. The fourth-order valence-corrected chi connectivity index (χ4v) is 2.68. The molecule has 2 N–H and O–H groups in total. The minimum absolute atomic E-state index is 0.0845. The van der Waals surface area contributed by atoms with E-state index in [2.05, 4.69) is 30.3 Å². The molecule has 3 aromatic carbocycles. The van der Waals surface area contributed by atoms with Crippen LogP contribution in [0.2, 0.25) is 0 Å². The van der Waals surface area contributed by atoms with Gasteiger partial charge in [-0.15, -0.1) is 0 Å². The molecule has 0 aromatic heterocycles. The third-order valence-corrected chi connectivity index (χ3v) is 3.95. The van der Waals surface area contributed by atoms with E-state index in [0.717, 1.165) is 16.7 Å². The van der Waals surface area contributed by atoms with Crippen LogP contribution in [0, 0.1) is 12.7 Å². The molecule has 1 nitrogen and oxygen atoms in total. The second kappa shape index (κ2) is 5.66. The van der Waals surface area contributed by atoms with Crippen LogP contribution in [-0.4, -0.2) is 0 Å². The molecular weight excluding hydrogens is 261 g/mol. The molecule has 0 aliphatic heterocycles. The summed E-state index contributed by atoms with van der Waals surface area (Å²) in [6, 6.07) is 19.4. The highest BCUT2D eigenvalue weighted by Gasteiger charge is 2.10. The number of benzene rings is 3. The van der Waals surface area contributed by atoms with Crippen LogP contribution in [0.1, 0.15) is 22.7 Å². The topological polar surface area (TPSA) is 26.0 Å². The first-order valence-corrected chi connectivity index (χ1v) is 7.13. The molecule has 3 rings (SSSR count). The summed E-state index contributed by atoms with van der Waals surface area (Å²) < 4.78 is 13.2. The third kappa shape index (κ3) is 2.96. The Balaban J connectivity index is 1.87. The summed E-state index contributed by atoms with van der Waals surface area (Å²) in [6.07, 6.45) is 0.713. The predicted molar refractivity (Wildman–Crippen MR) is 85.7 cm³/mol. The van der Waals surface area contributed by atoms with Crippen LogP contribution >= 0.6 is 0 Å². The van der Waals surface area contributed by atoms with Crippen molar-refractivity contribution in [3.05, 3.63) is 83.2 Å². The van der Waals surface area contributed by atoms with Crippen molar-refractivity contribution < 1.29 is 4.39 Å². The quantitative estimate of drug-likeness (QED) is 0.749. The zero-order valence-corrected chi connectivity index (χ0v) is 12.0. The lowest BCUT2D eigenvalue weighted by atomic mass is 9.95. The summed E-state index contributed by atoms with van der Waals surface area (Å²) in [5, 5.41) is 2.41. The van der Waals surface area contributed by atoms with Crippen LogP contribution < -0.4 is 5.73 Å². The number of rotatable bonds is 3. The van der Waals surface area contributed by atoms with Crippen molar-refractivity contribution in [2.24, 2.45) is 5.73 Å². The van der Waals surface area contributed by atoms with Crippen molar-refractivity contribution in [3.63, 3.8) is 0 Å². The zero-order chi connectivity index (χ0) is 14.8. The monoisotopic (exact) mass is 279 g/mol. The first-order chi connectivity index (χ1) is 10.1. The molecule has 0 fully saturated rings. The van der Waals surface area contributed by atoms with Crippen molar-refractivity contribution in [3.8, 4) is 0 Å². The fraction of sp³-hybridized carbons (Fsp3) is 0.158. The molecule has 0 saturated carbocycles. The zero-order valence-electron chi connectivity index (χ0n) is 12.0. The van der Waals surface area contributed by atoms with E-state index < -0.39 is 0 Å². The van der Waals surface area contributed by atoms with Gasteiger partial charge < -0.3 is 5.73 Å². The number of hydrogen-bond donors (Lipinski definition) is 1. The molecule has 0 spiro atoms. The Hall–Kier alpha value is -2.19. The molecular formula is C19H18FN. The molecule has 3 aromatic rings. The smallest absolute Gasteiger partial charge is 0.123 e. The predicted octanol–water partition coefficient (Wildman–Crippen LogP) is 4.53. The van der Waals surface area contributed by atoms with E-state index in [1.807, 2.05) is 25.1 Å². The lowest BCUT2D eigenvalue weighted by Gasteiger charge is -2.15. The number of halogens is 1. The Morgan fingerprint density at radius 1 is 0.952 bits per heavy atom. The molecule has 106 valence electrons. The summed E-state index contributed by atoms with van der Waals surface area (Å²) in [6.45, 7) is 1.92. The largest absolute Gasteiger partial charge is 0.324 e. The third-order valence-electron chi connectivity index (χ3n) is 3.95. The molecule has 0 aliphatic carbocycles. The molecule has 0 amide bonds. The maximum Gasteiger partial charge on any atom is 0.123 e. The van der Waals surface area contributed by atoms with Crippen molar-refractivity contribution >= 4 is 10.8 Å². The Morgan fingerprint density at radius 3 is 2.48 bits per heavy atom. The molecule has 0 saturated heterocycles. The van der Waals surface area contributed by atoms with E-state index in [4.69, 9.17) is 5.73 Å². The van der Waals surface area contributed by atoms with Crippen molar-refractivity contribution in [1.82, 2.24) is 0 Å². The number of hydrogen-bond acceptors (Lipinski definition) is 1. The van der Waals surface area contributed by atoms with E-state index in [-0.39, 0.29) is 11.9 Å². The van der Waals surface area contributed by atoms with Gasteiger partial charge in [0.25, 0.3) is 0 Å². The first-order valence-electron chi connectivity index (χ1n) is 7.13. The van der Waals surface area contributed by atoms with Gasteiger partial charge in [0.15, 0.2) is 0 Å². The van der Waals surface area contributed by atoms with Gasteiger partial charge in [-0.2, -0.15) is 0 Å². The lowest BCUT2D eigenvalue weighted by molar-refractivity contribution is 0.624. The van der Waals surface area contributed by atoms with Gasteiger partial charge in [-0.05, 0) is 59.0 Å². The molecule has 0 bridgehead atoms. The van der Waals surface area contributed by atoms with E-state index in [9.17, 15) is 4.39 Å². The number of fused-ring (bicyclic) bond motifs is 1. The SMILES string of the molecule is Cc1cc(F)ccc1CC(N)c1ccc2ccccc2c1. The molecule has 0 radical (unpaired) electrons. The lowest BCUT2D eigenvalue weighted by Crippen LogP contribution is -2.14. The van der Waals surface area contributed by atoms with E-state index in [1.165, 1.54) is 16.8 Å². The van der Waals surface area contributed by atoms with Gasteiger partial charge in [-0.25, -0.2) is 4.39 Å². The van der Waals surface area contributed by atoms with Crippen molar-refractivity contribution in [2.45, 2.75) is 19.4 Å². The van der Waals surface area contributed by atoms with Crippen LogP contribution in [0.3, 0.4) is 0 Å². The highest BCUT2D eigenvalue weighted by molar-refractivity contribution is 5.83. The van der Waals surface area contributed by atoms with Crippen LogP contribution in [0.25, 0.3) is 10.8 Å². The van der Waals surface area contributed by atoms with Gasteiger partial charge >= 0.3 is 0 Å². The summed E-state index contributed by atoms with van der Waals surface area (Å²) in [5.41, 5.74) is 9.48. The fourth-order valence-electron chi connectivity index (χ4n) is 2.68. The van der Waals surface area contributed by atoms with E-state index in [0.29, 0.717) is 6.42 Å². The Morgan fingerprint density at radius 2 is 1.71 bits per heavy atom. The second-order valence-electron chi connectivity index (χ2n) is 5.49. The van der Waals surface area contributed by atoms with Gasteiger partial charge in [0.05, 0.1) is 0 Å². The first kappa shape index (κ1) is 13.8. The van der Waals surface area contributed by atoms with E-state index in [1.54, 1.807) is 6.07 Å². The Kier molecular flexibility index (Phi) is 3.72. The van der Waals surface area contributed by atoms with Gasteiger partial charge in [-0.1, -0.05) is 42.5 Å². The second-order valence-corrected chi connectivity index (χ2v) is 5.49. The van der Waals surface area contributed by atoms with Crippen LogP contribution in [0.4, 0.5) is 4.39 Å². The van der Waals surface area contributed by atoms with Gasteiger partial charge in [0, 0.05) is 6.04 Å². The van der Waals surface area contributed by atoms with Crippen LogP contribution in [-0.2, 0) is 6.42 Å². The minimum Gasteiger partial charge on any atom is -0.324 e. The van der Waals surface area contributed by atoms with Crippen LogP contribution in [0.15, 0.2) is 60.7 Å². The van der Waals surface area contributed by atoms with Gasteiger partial charge in [0.2, 0.25) is 0 Å².